The van der Waals surface area contributed by atoms with Crippen LogP contribution in [-0.4, -0.2) is 24.9 Å². The summed E-state index contributed by atoms with van der Waals surface area (Å²) in [5, 5.41) is 7.11. The first-order chi connectivity index (χ1) is 15.1. The van der Waals surface area contributed by atoms with Gasteiger partial charge in [0.15, 0.2) is 11.5 Å². The minimum absolute atomic E-state index is 0.0932. The number of aryl methyl sites for hydroxylation is 1. The number of nitrogens with zero attached hydrogens (tertiary/aromatic N) is 2. The van der Waals surface area contributed by atoms with Crippen LogP contribution in [0.3, 0.4) is 0 Å². The molecule has 2 aliphatic rings. The highest BCUT2D eigenvalue weighted by molar-refractivity contribution is 9.10. The summed E-state index contributed by atoms with van der Waals surface area (Å²) in [6, 6.07) is 20.7. The largest absolute Gasteiger partial charge is 0.493 e. The van der Waals surface area contributed by atoms with Gasteiger partial charge in [0.25, 0.3) is 0 Å². The van der Waals surface area contributed by atoms with Crippen molar-refractivity contribution in [3.63, 3.8) is 0 Å². The van der Waals surface area contributed by atoms with E-state index in [1.165, 1.54) is 5.56 Å². The van der Waals surface area contributed by atoms with Gasteiger partial charge in [-0.3, -0.25) is 0 Å². The number of hydrazone groups is 1. The average Bonchev–Trinajstić information content (AvgIpc) is 3.24. The minimum Gasteiger partial charge on any atom is -0.493 e. The number of rotatable bonds is 4. The van der Waals surface area contributed by atoms with E-state index in [0.29, 0.717) is 11.5 Å². The van der Waals surface area contributed by atoms with Crippen molar-refractivity contribution in [1.29, 1.82) is 0 Å². The van der Waals surface area contributed by atoms with E-state index >= 15 is 0 Å². The third-order valence-electron chi connectivity index (χ3n) is 5.83. The fraction of sp³-hybridized carbons (Fsp3) is 0.240. The van der Waals surface area contributed by atoms with Gasteiger partial charge in [0.05, 0.1) is 26.0 Å². The Bertz CT molecular complexity index is 1160. The Morgan fingerprint density at radius 1 is 0.968 bits per heavy atom. The highest BCUT2D eigenvalue weighted by atomic mass is 79.9. The summed E-state index contributed by atoms with van der Waals surface area (Å²) < 4.78 is 18.4. The normalized spacial score (nSPS) is 19.2. The van der Waals surface area contributed by atoms with Gasteiger partial charge in [0.2, 0.25) is 6.23 Å². The third kappa shape index (κ3) is 3.55. The predicted molar refractivity (Wildman–Crippen MR) is 124 cm³/mol. The highest BCUT2D eigenvalue weighted by Crippen LogP contribution is 2.48. The summed E-state index contributed by atoms with van der Waals surface area (Å²) in [6.07, 6.45) is 0.459. The third-order valence-corrected chi connectivity index (χ3v) is 6.32. The summed E-state index contributed by atoms with van der Waals surface area (Å²) in [4.78, 5) is 0. The molecule has 0 N–H and O–H groups in total. The van der Waals surface area contributed by atoms with E-state index in [9.17, 15) is 0 Å². The lowest BCUT2D eigenvalue weighted by atomic mass is 9.95. The molecule has 5 nitrogen and oxygen atoms in total. The number of benzene rings is 3. The van der Waals surface area contributed by atoms with Gasteiger partial charge in [-0.05, 0) is 48.9 Å². The lowest BCUT2D eigenvalue weighted by Crippen LogP contribution is -2.33. The van der Waals surface area contributed by atoms with Crippen molar-refractivity contribution in [3.05, 3.63) is 87.4 Å². The first-order valence-electron chi connectivity index (χ1n) is 10.2. The molecule has 0 saturated heterocycles. The first-order valence-corrected chi connectivity index (χ1v) is 11.0. The van der Waals surface area contributed by atoms with Gasteiger partial charge in [0, 0.05) is 22.0 Å². The Kier molecular flexibility index (Phi) is 5.10. The molecule has 0 bridgehead atoms. The maximum atomic E-state index is 6.46. The molecule has 0 fully saturated rings. The van der Waals surface area contributed by atoms with Crippen molar-refractivity contribution in [2.45, 2.75) is 25.6 Å². The van der Waals surface area contributed by atoms with Crippen LogP contribution in [0.5, 0.6) is 17.2 Å². The van der Waals surface area contributed by atoms with Crippen LogP contribution < -0.4 is 14.2 Å². The number of ether oxygens (including phenoxy) is 3. The Balaban J connectivity index is 1.60. The molecular weight excluding hydrogens is 456 g/mol. The highest BCUT2D eigenvalue weighted by Gasteiger charge is 2.41. The van der Waals surface area contributed by atoms with Crippen LogP contribution in [0.15, 0.2) is 70.2 Å². The first kappa shape index (κ1) is 19.9. The van der Waals surface area contributed by atoms with E-state index in [0.717, 1.165) is 39.0 Å². The minimum atomic E-state index is -0.360. The van der Waals surface area contributed by atoms with E-state index in [1.54, 1.807) is 14.2 Å². The van der Waals surface area contributed by atoms with E-state index in [4.69, 9.17) is 19.3 Å². The zero-order valence-corrected chi connectivity index (χ0v) is 19.2. The van der Waals surface area contributed by atoms with Gasteiger partial charge in [0.1, 0.15) is 5.75 Å². The summed E-state index contributed by atoms with van der Waals surface area (Å²) in [6.45, 7) is 2.10. The molecule has 3 aromatic rings. The second kappa shape index (κ2) is 7.93. The van der Waals surface area contributed by atoms with Gasteiger partial charge in [-0.15, -0.1) is 0 Å². The molecular formula is C25H23BrN2O3. The molecule has 0 amide bonds. The number of halogens is 1. The molecule has 2 atom stereocenters. The zero-order valence-electron chi connectivity index (χ0n) is 17.6. The standard InChI is InChI=1S/C25H23BrN2O3/c1-15-4-6-16(7-5-15)20-14-21-19-13-18(26)9-11-22(19)31-25(28(21)27-20)17-8-10-23(29-2)24(12-17)30-3/h4-13,21,25H,14H2,1-3H3. The summed E-state index contributed by atoms with van der Waals surface area (Å²) in [7, 11) is 3.28. The number of hydrogen-bond acceptors (Lipinski definition) is 5. The van der Waals surface area contributed by atoms with Gasteiger partial charge in [-0.1, -0.05) is 45.8 Å². The van der Waals surface area contributed by atoms with Crippen LogP contribution in [0.4, 0.5) is 0 Å². The summed E-state index contributed by atoms with van der Waals surface area (Å²) in [5.41, 5.74) is 5.54. The molecule has 3 aromatic carbocycles. The lowest BCUT2D eigenvalue weighted by Gasteiger charge is -2.38. The molecule has 2 unspecified atom stereocenters. The van der Waals surface area contributed by atoms with Gasteiger partial charge >= 0.3 is 0 Å². The van der Waals surface area contributed by atoms with Crippen molar-refractivity contribution in [2.24, 2.45) is 5.10 Å². The second-order valence-corrected chi connectivity index (χ2v) is 8.70. The van der Waals surface area contributed by atoms with E-state index < -0.39 is 0 Å². The average molecular weight is 479 g/mol. The molecule has 31 heavy (non-hydrogen) atoms. The van der Waals surface area contributed by atoms with E-state index in [-0.39, 0.29) is 12.3 Å². The molecule has 5 rings (SSSR count). The van der Waals surface area contributed by atoms with Crippen LogP contribution in [0.2, 0.25) is 0 Å². The Morgan fingerprint density at radius 3 is 2.48 bits per heavy atom. The quantitative estimate of drug-likeness (QED) is 0.459. The van der Waals surface area contributed by atoms with E-state index in [2.05, 4.69) is 58.2 Å². The van der Waals surface area contributed by atoms with Crippen LogP contribution in [0, 0.1) is 6.92 Å². The van der Waals surface area contributed by atoms with Crippen molar-refractivity contribution in [1.82, 2.24) is 5.01 Å². The number of hydrogen-bond donors (Lipinski definition) is 0. The van der Waals surface area contributed by atoms with Crippen molar-refractivity contribution in [2.75, 3.05) is 14.2 Å². The lowest BCUT2D eigenvalue weighted by molar-refractivity contribution is -0.0192. The summed E-state index contributed by atoms with van der Waals surface area (Å²) in [5.74, 6) is 2.24. The maximum absolute atomic E-state index is 6.46. The molecule has 0 aromatic heterocycles. The number of methoxy groups -OCH3 is 2. The Morgan fingerprint density at radius 2 is 1.74 bits per heavy atom. The molecule has 2 aliphatic heterocycles. The van der Waals surface area contributed by atoms with E-state index in [1.807, 2.05) is 30.3 Å². The molecule has 0 saturated carbocycles. The van der Waals surface area contributed by atoms with Crippen LogP contribution in [-0.2, 0) is 0 Å². The Hall–Kier alpha value is -2.99. The SMILES string of the molecule is COc1ccc(C2Oc3ccc(Br)cc3C3CC(c4ccc(C)cc4)=NN32)cc1OC. The summed E-state index contributed by atoms with van der Waals surface area (Å²) >= 11 is 3.61. The molecule has 6 heteroatoms. The van der Waals surface area contributed by atoms with Gasteiger partial charge in [-0.25, -0.2) is 5.01 Å². The van der Waals surface area contributed by atoms with Crippen LogP contribution in [0.25, 0.3) is 0 Å². The van der Waals surface area contributed by atoms with Crippen molar-refractivity contribution >= 4 is 21.6 Å². The van der Waals surface area contributed by atoms with Crippen molar-refractivity contribution < 1.29 is 14.2 Å². The monoisotopic (exact) mass is 478 g/mol. The van der Waals surface area contributed by atoms with Crippen LogP contribution >= 0.6 is 15.9 Å². The Labute approximate surface area is 190 Å². The fourth-order valence-corrected chi connectivity index (χ4v) is 4.58. The molecule has 0 aliphatic carbocycles. The molecule has 0 radical (unpaired) electrons. The van der Waals surface area contributed by atoms with Crippen molar-refractivity contribution in [3.8, 4) is 17.2 Å². The fourth-order valence-electron chi connectivity index (χ4n) is 4.20. The van der Waals surface area contributed by atoms with Gasteiger partial charge in [-0.2, -0.15) is 5.10 Å². The van der Waals surface area contributed by atoms with Crippen LogP contribution in [0.1, 0.15) is 40.9 Å². The topological polar surface area (TPSA) is 43.3 Å². The number of fused-ring (bicyclic) bond motifs is 3. The smallest absolute Gasteiger partial charge is 0.214 e. The zero-order chi connectivity index (χ0) is 21.5. The molecule has 0 spiro atoms. The molecule has 2 heterocycles. The maximum Gasteiger partial charge on any atom is 0.214 e. The molecule has 158 valence electrons. The predicted octanol–water partition coefficient (Wildman–Crippen LogP) is 6.02. The second-order valence-electron chi connectivity index (χ2n) is 7.78. The van der Waals surface area contributed by atoms with Gasteiger partial charge < -0.3 is 14.2 Å².